The van der Waals surface area contributed by atoms with Crippen LogP contribution in [-0.4, -0.2) is 41.6 Å². The van der Waals surface area contributed by atoms with Gasteiger partial charge in [0.1, 0.15) is 17.5 Å². The van der Waals surface area contributed by atoms with Gasteiger partial charge in [-0.05, 0) is 12.5 Å². The summed E-state index contributed by atoms with van der Waals surface area (Å²) in [5.41, 5.74) is 11.6. The minimum absolute atomic E-state index is 0.104. The molecule has 156 valence electrons. The Morgan fingerprint density at radius 3 is 2.73 bits per heavy atom. The molecule has 1 spiro atoms. The standard InChI is InChI=1S/C20H21N5O5/c1-3-6-11-14-17(24-23-11)30-16(22)15(18(27)29-2)20(14)10-7-4-5-8-12(10)25(19(20)28)9-13(21)26/h4-5,7-8H,3,6,9,22H2,1-2H3,(H2,21,26)(H,23,24)/t20-/m1/s1. The van der Waals surface area contributed by atoms with Gasteiger partial charge >= 0.3 is 5.97 Å². The van der Waals surface area contributed by atoms with E-state index in [9.17, 15) is 14.4 Å². The minimum Gasteiger partial charge on any atom is -0.465 e. The zero-order valence-corrected chi connectivity index (χ0v) is 16.5. The number of carbonyl (C=O) groups is 3. The van der Waals surface area contributed by atoms with E-state index in [2.05, 4.69) is 10.2 Å². The van der Waals surface area contributed by atoms with E-state index in [1.807, 2.05) is 6.92 Å². The number of hydrogen-bond acceptors (Lipinski definition) is 7. The predicted molar refractivity (Wildman–Crippen MR) is 105 cm³/mol. The molecule has 1 atom stereocenters. The van der Waals surface area contributed by atoms with Crippen LogP contribution in [0.4, 0.5) is 5.69 Å². The van der Waals surface area contributed by atoms with Crippen LogP contribution in [0.3, 0.4) is 0 Å². The molecule has 30 heavy (non-hydrogen) atoms. The number of aromatic amines is 1. The van der Waals surface area contributed by atoms with Gasteiger partial charge < -0.3 is 25.8 Å². The summed E-state index contributed by atoms with van der Waals surface area (Å²) in [4.78, 5) is 39.9. The number of carbonyl (C=O) groups excluding carboxylic acids is 3. The molecule has 1 aromatic heterocycles. The van der Waals surface area contributed by atoms with Gasteiger partial charge in [0.2, 0.25) is 23.6 Å². The molecule has 10 nitrogen and oxygen atoms in total. The van der Waals surface area contributed by atoms with E-state index in [1.54, 1.807) is 24.3 Å². The number of aryl methyl sites for hydroxylation is 1. The third-order valence-corrected chi connectivity index (χ3v) is 5.38. The van der Waals surface area contributed by atoms with Crippen molar-refractivity contribution in [1.29, 1.82) is 0 Å². The van der Waals surface area contributed by atoms with Crippen molar-refractivity contribution >= 4 is 23.5 Å². The van der Waals surface area contributed by atoms with Crippen molar-refractivity contribution in [3.8, 4) is 5.88 Å². The molecule has 10 heteroatoms. The molecule has 0 saturated heterocycles. The number of esters is 1. The normalized spacial score (nSPS) is 19.5. The summed E-state index contributed by atoms with van der Waals surface area (Å²) in [5.74, 6) is -2.24. The number of rotatable bonds is 5. The monoisotopic (exact) mass is 411 g/mol. The van der Waals surface area contributed by atoms with E-state index in [-0.39, 0.29) is 23.9 Å². The number of methoxy groups -OCH3 is 1. The van der Waals surface area contributed by atoms with Crippen LogP contribution in [0.2, 0.25) is 0 Å². The molecule has 0 fully saturated rings. The summed E-state index contributed by atoms with van der Waals surface area (Å²) in [6, 6.07) is 6.86. The zero-order chi connectivity index (χ0) is 21.6. The van der Waals surface area contributed by atoms with Gasteiger partial charge in [-0.2, -0.15) is 0 Å². The summed E-state index contributed by atoms with van der Waals surface area (Å²) >= 11 is 0. The average Bonchev–Trinajstić information content (AvgIpc) is 3.21. The molecule has 2 aliphatic heterocycles. The lowest BCUT2D eigenvalue weighted by atomic mass is 9.68. The van der Waals surface area contributed by atoms with Crippen molar-refractivity contribution in [3.05, 3.63) is 52.5 Å². The molecule has 0 radical (unpaired) electrons. The molecule has 1 aromatic carbocycles. The highest BCUT2D eigenvalue weighted by atomic mass is 16.5. The first-order chi connectivity index (χ1) is 14.4. The van der Waals surface area contributed by atoms with Gasteiger partial charge in [0.25, 0.3) is 0 Å². The van der Waals surface area contributed by atoms with Gasteiger partial charge in [0.15, 0.2) is 0 Å². The van der Waals surface area contributed by atoms with E-state index >= 15 is 0 Å². The van der Waals surface area contributed by atoms with Crippen LogP contribution in [0.15, 0.2) is 35.7 Å². The molecular formula is C20H21N5O5. The maximum atomic E-state index is 14.0. The molecule has 3 heterocycles. The Labute approximate surface area is 171 Å². The van der Waals surface area contributed by atoms with Crippen LogP contribution in [0.5, 0.6) is 5.88 Å². The lowest BCUT2D eigenvalue weighted by Gasteiger charge is -2.34. The number of nitrogens with zero attached hydrogens (tertiary/aromatic N) is 2. The number of H-pyrrole nitrogens is 1. The fourth-order valence-corrected chi connectivity index (χ4v) is 4.32. The molecule has 2 aliphatic rings. The SMILES string of the molecule is CCCc1[nH]nc2c1[C@@]1(C(=O)N(CC(N)=O)c3ccccc31)C(C(=O)OC)=C(N)O2. The molecule has 0 saturated carbocycles. The van der Waals surface area contributed by atoms with E-state index in [0.717, 1.165) is 6.42 Å². The van der Waals surface area contributed by atoms with Crippen molar-refractivity contribution in [2.75, 3.05) is 18.6 Å². The molecule has 0 unspecified atom stereocenters. The maximum Gasteiger partial charge on any atom is 0.340 e. The second-order valence-corrected chi connectivity index (χ2v) is 7.09. The number of nitrogens with two attached hydrogens (primary N) is 2. The minimum atomic E-state index is -1.67. The number of primary amides is 1. The van der Waals surface area contributed by atoms with Crippen LogP contribution in [0.25, 0.3) is 0 Å². The Hall–Kier alpha value is -3.82. The number of aromatic nitrogens is 2. The van der Waals surface area contributed by atoms with Crippen molar-refractivity contribution in [2.45, 2.75) is 25.2 Å². The van der Waals surface area contributed by atoms with Crippen molar-refractivity contribution in [2.24, 2.45) is 11.5 Å². The van der Waals surface area contributed by atoms with Gasteiger partial charge in [-0.15, -0.1) is 5.10 Å². The fourth-order valence-electron chi connectivity index (χ4n) is 4.32. The fraction of sp³-hybridized carbons (Fsp3) is 0.300. The highest BCUT2D eigenvalue weighted by Crippen LogP contribution is 2.56. The van der Waals surface area contributed by atoms with E-state index in [4.69, 9.17) is 20.9 Å². The van der Waals surface area contributed by atoms with Crippen LogP contribution in [0.1, 0.15) is 30.2 Å². The third kappa shape index (κ3) is 2.43. The third-order valence-electron chi connectivity index (χ3n) is 5.38. The number of anilines is 1. The van der Waals surface area contributed by atoms with Crippen molar-refractivity contribution in [1.82, 2.24) is 10.2 Å². The zero-order valence-electron chi connectivity index (χ0n) is 16.5. The van der Waals surface area contributed by atoms with E-state index < -0.39 is 23.2 Å². The van der Waals surface area contributed by atoms with Gasteiger partial charge in [0, 0.05) is 16.9 Å². The van der Waals surface area contributed by atoms with Gasteiger partial charge in [-0.1, -0.05) is 31.5 Å². The van der Waals surface area contributed by atoms with Gasteiger partial charge in [-0.3, -0.25) is 14.7 Å². The Morgan fingerprint density at radius 2 is 2.07 bits per heavy atom. The number of fused-ring (bicyclic) bond motifs is 4. The number of hydrogen-bond donors (Lipinski definition) is 3. The molecule has 2 aromatic rings. The number of ether oxygens (including phenoxy) is 2. The van der Waals surface area contributed by atoms with Gasteiger partial charge in [0.05, 0.1) is 12.7 Å². The second-order valence-electron chi connectivity index (χ2n) is 7.09. The molecule has 4 rings (SSSR count). The number of nitrogens with one attached hydrogen (secondary N) is 1. The first-order valence-electron chi connectivity index (χ1n) is 9.41. The highest BCUT2D eigenvalue weighted by molar-refractivity contribution is 6.19. The summed E-state index contributed by atoms with van der Waals surface area (Å²) in [5, 5.41) is 7.08. The quantitative estimate of drug-likeness (QED) is 0.595. The van der Waals surface area contributed by atoms with Crippen LogP contribution in [-0.2, 0) is 31.0 Å². The first-order valence-corrected chi connectivity index (χ1v) is 9.41. The van der Waals surface area contributed by atoms with Crippen LogP contribution in [0, 0.1) is 0 Å². The maximum absolute atomic E-state index is 14.0. The van der Waals surface area contributed by atoms with E-state index in [0.29, 0.717) is 28.9 Å². The number of para-hydroxylation sites is 1. The van der Waals surface area contributed by atoms with E-state index in [1.165, 1.54) is 12.0 Å². The lowest BCUT2D eigenvalue weighted by Crippen LogP contribution is -2.50. The average molecular weight is 411 g/mol. The molecular weight excluding hydrogens is 390 g/mol. The topological polar surface area (TPSA) is 154 Å². The van der Waals surface area contributed by atoms with Crippen LogP contribution < -0.4 is 21.1 Å². The van der Waals surface area contributed by atoms with Crippen molar-refractivity contribution < 1.29 is 23.9 Å². The summed E-state index contributed by atoms with van der Waals surface area (Å²) in [7, 11) is 1.20. The van der Waals surface area contributed by atoms with Crippen molar-refractivity contribution in [3.63, 3.8) is 0 Å². The Morgan fingerprint density at radius 1 is 1.33 bits per heavy atom. The number of amides is 2. The van der Waals surface area contributed by atoms with Crippen LogP contribution >= 0.6 is 0 Å². The summed E-state index contributed by atoms with van der Waals surface area (Å²) in [6.07, 6.45) is 1.30. The second kappa shape index (κ2) is 6.90. The molecule has 0 aliphatic carbocycles. The molecule has 5 N–H and O–H groups in total. The summed E-state index contributed by atoms with van der Waals surface area (Å²) in [6.45, 7) is 1.61. The number of benzene rings is 1. The largest absolute Gasteiger partial charge is 0.465 e. The summed E-state index contributed by atoms with van der Waals surface area (Å²) < 4.78 is 10.6. The Kier molecular flexibility index (Phi) is 4.49. The Bertz CT molecular complexity index is 1100. The Balaban J connectivity index is 2.12. The smallest absolute Gasteiger partial charge is 0.340 e. The first kappa shape index (κ1) is 19.5. The molecule has 0 bridgehead atoms. The lowest BCUT2D eigenvalue weighted by molar-refractivity contribution is -0.138. The predicted octanol–water partition coefficient (Wildman–Crippen LogP) is 0.216. The molecule has 2 amide bonds. The van der Waals surface area contributed by atoms with Gasteiger partial charge in [-0.25, -0.2) is 4.79 Å². The highest BCUT2D eigenvalue weighted by Gasteiger charge is 2.62.